The monoisotopic (exact) mass is 494 g/mol. The first kappa shape index (κ1) is 25.5. The summed E-state index contributed by atoms with van der Waals surface area (Å²) >= 11 is 1.66. The van der Waals surface area contributed by atoms with Gasteiger partial charge in [0.05, 0.1) is 13.2 Å². The van der Waals surface area contributed by atoms with Crippen molar-refractivity contribution in [3.05, 3.63) is 60.2 Å². The molecule has 0 saturated heterocycles. The van der Waals surface area contributed by atoms with E-state index >= 15 is 0 Å². The first-order chi connectivity index (χ1) is 17.0. The molecular weight excluding hydrogens is 460 g/mol. The molecule has 1 aliphatic carbocycles. The highest BCUT2D eigenvalue weighted by Crippen LogP contribution is 2.41. The van der Waals surface area contributed by atoms with Gasteiger partial charge in [-0.3, -0.25) is 4.68 Å². The first-order valence-corrected chi connectivity index (χ1v) is 13.3. The zero-order valence-electron chi connectivity index (χ0n) is 20.2. The lowest BCUT2D eigenvalue weighted by Crippen LogP contribution is -2.23. The minimum absolute atomic E-state index is 0.116. The van der Waals surface area contributed by atoms with Gasteiger partial charge < -0.3 is 14.9 Å². The van der Waals surface area contributed by atoms with Crippen molar-refractivity contribution in [3.8, 4) is 22.4 Å². The molecule has 1 aliphatic rings. The van der Waals surface area contributed by atoms with Crippen LogP contribution in [-0.2, 0) is 16.1 Å². The molecule has 1 aromatic heterocycles. The highest BCUT2D eigenvalue weighted by atomic mass is 32.2. The molecule has 4 rings (SSSR count). The molecule has 2 N–H and O–H groups in total. The Hall–Kier alpha value is -2.61. The lowest BCUT2D eigenvalue weighted by molar-refractivity contribution is -0.142. The van der Waals surface area contributed by atoms with Gasteiger partial charge >= 0.3 is 5.97 Å². The maximum absolute atomic E-state index is 10.7. The van der Waals surface area contributed by atoms with E-state index < -0.39 is 5.97 Å². The van der Waals surface area contributed by atoms with Crippen LogP contribution in [-0.4, -0.2) is 51.5 Å². The zero-order valence-corrected chi connectivity index (χ0v) is 21.0. The van der Waals surface area contributed by atoms with Crippen molar-refractivity contribution in [2.45, 2.75) is 44.2 Å². The summed E-state index contributed by atoms with van der Waals surface area (Å²) in [5, 5.41) is 24.6. The Morgan fingerprint density at radius 3 is 2.37 bits per heavy atom. The molecule has 0 spiro atoms. The van der Waals surface area contributed by atoms with Crippen molar-refractivity contribution in [1.82, 2.24) is 9.78 Å². The first-order valence-electron chi connectivity index (χ1n) is 12.3. The van der Waals surface area contributed by atoms with Crippen LogP contribution in [0, 0.1) is 18.8 Å². The Bertz CT molecular complexity index is 1090. The zero-order chi connectivity index (χ0) is 24.6. The molecule has 1 fully saturated rings. The van der Waals surface area contributed by atoms with Gasteiger partial charge in [-0.25, -0.2) is 4.79 Å². The van der Waals surface area contributed by atoms with Gasteiger partial charge in [0.15, 0.2) is 0 Å². The number of benzene rings is 2. The number of aliphatic hydroxyl groups is 1. The average Bonchev–Trinajstić information content (AvgIpc) is 3.22. The Kier molecular flexibility index (Phi) is 9.01. The fraction of sp³-hybridized carbons (Fsp3) is 0.429. The van der Waals surface area contributed by atoms with Crippen LogP contribution in [0.4, 0.5) is 0 Å². The van der Waals surface area contributed by atoms with E-state index in [1.165, 1.54) is 5.56 Å². The van der Waals surface area contributed by atoms with Crippen LogP contribution in [0.2, 0.25) is 0 Å². The van der Waals surface area contributed by atoms with Gasteiger partial charge in [0.25, 0.3) is 0 Å². The number of hydrogen-bond acceptors (Lipinski definition) is 5. The van der Waals surface area contributed by atoms with Crippen LogP contribution < -0.4 is 0 Å². The third-order valence-electron chi connectivity index (χ3n) is 6.60. The highest BCUT2D eigenvalue weighted by molar-refractivity contribution is 7.99. The van der Waals surface area contributed by atoms with Gasteiger partial charge in [0.2, 0.25) is 0 Å². The van der Waals surface area contributed by atoms with Gasteiger partial charge in [-0.1, -0.05) is 60.2 Å². The quantitative estimate of drug-likeness (QED) is 0.342. The van der Waals surface area contributed by atoms with Gasteiger partial charge in [0, 0.05) is 23.4 Å². The Balaban J connectivity index is 1.59. The Labute approximate surface area is 211 Å². The van der Waals surface area contributed by atoms with Crippen molar-refractivity contribution in [1.29, 1.82) is 0 Å². The second kappa shape index (κ2) is 12.4. The van der Waals surface area contributed by atoms with E-state index in [9.17, 15) is 9.90 Å². The van der Waals surface area contributed by atoms with E-state index in [4.69, 9.17) is 14.9 Å². The van der Waals surface area contributed by atoms with E-state index in [0.29, 0.717) is 24.2 Å². The third-order valence-corrected chi connectivity index (χ3v) is 7.67. The van der Waals surface area contributed by atoms with E-state index in [2.05, 4.69) is 60.1 Å². The molecule has 0 aliphatic heterocycles. The second-order valence-electron chi connectivity index (χ2n) is 9.31. The van der Waals surface area contributed by atoms with Crippen LogP contribution in [0.1, 0.15) is 31.2 Å². The number of carboxylic acids is 1. The number of aliphatic hydroxyl groups excluding tert-OH is 1. The van der Waals surface area contributed by atoms with Crippen molar-refractivity contribution in [2.24, 2.45) is 11.8 Å². The number of carbonyl (C=O) groups is 1. The lowest BCUT2D eigenvalue weighted by atomic mass is 9.82. The molecule has 0 unspecified atom stereocenters. The number of thioether (sulfide) groups is 1. The number of hydrogen-bond donors (Lipinski definition) is 2. The highest BCUT2D eigenvalue weighted by Gasteiger charge is 2.26. The summed E-state index contributed by atoms with van der Waals surface area (Å²) < 4.78 is 7.49. The molecular formula is C28H34N2O4S. The third kappa shape index (κ3) is 6.75. The second-order valence-corrected chi connectivity index (χ2v) is 10.4. The summed E-state index contributed by atoms with van der Waals surface area (Å²) in [6, 6.07) is 18.9. The molecule has 7 heteroatoms. The van der Waals surface area contributed by atoms with E-state index in [0.717, 1.165) is 59.6 Å². The Morgan fingerprint density at radius 2 is 1.71 bits per heavy atom. The predicted octanol–water partition coefficient (Wildman–Crippen LogP) is 5.52. The number of rotatable bonds is 11. The van der Waals surface area contributed by atoms with Gasteiger partial charge in [-0.15, -0.1) is 11.8 Å². The van der Waals surface area contributed by atoms with Crippen LogP contribution in [0.5, 0.6) is 0 Å². The van der Waals surface area contributed by atoms with Crippen molar-refractivity contribution in [2.75, 3.05) is 25.6 Å². The molecule has 0 bridgehead atoms. The molecule has 35 heavy (non-hydrogen) atoms. The SMILES string of the molecule is Cc1ccc(-c2nn(C[C@H]3CC[C@@H](COCC(=O)O)CC3)c(SCCO)c2-c2ccccc2)cc1. The molecule has 2 aromatic carbocycles. The Morgan fingerprint density at radius 1 is 1.03 bits per heavy atom. The van der Waals surface area contributed by atoms with E-state index in [1.54, 1.807) is 11.8 Å². The number of aliphatic carboxylic acids is 1. The topological polar surface area (TPSA) is 84.6 Å². The fourth-order valence-electron chi connectivity index (χ4n) is 4.78. The van der Waals surface area contributed by atoms with Crippen molar-refractivity contribution < 1.29 is 19.7 Å². The minimum atomic E-state index is -0.913. The molecule has 0 atom stereocenters. The summed E-state index contributed by atoms with van der Waals surface area (Å²) in [6.45, 7) is 3.34. The summed E-state index contributed by atoms with van der Waals surface area (Å²) in [7, 11) is 0. The van der Waals surface area contributed by atoms with Gasteiger partial charge in [-0.05, 0) is 50.0 Å². The van der Waals surface area contributed by atoms with Crippen molar-refractivity contribution in [3.63, 3.8) is 0 Å². The van der Waals surface area contributed by atoms with Gasteiger partial charge in [-0.2, -0.15) is 5.10 Å². The fourth-order valence-corrected chi connectivity index (χ4v) is 5.68. The van der Waals surface area contributed by atoms with Crippen molar-refractivity contribution >= 4 is 17.7 Å². The van der Waals surface area contributed by atoms with E-state index in [-0.39, 0.29) is 13.2 Å². The molecule has 3 aromatic rings. The molecule has 186 valence electrons. The number of aromatic nitrogens is 2. The van der Waals surface area contributed by atoms with Crippen LogP contribution in [0.15, 0.2) is 59.6 Å². The summed E-state index contributed by atoms with van der Waals surface area (Å²) in [6.07, 6.45) is 4.24. The number of ether oxygens (including phenoxy) is 1. The largest absolute Gasteiger partial charge is 0.480 e. The summed E-state index contributed by atoms with van der Waals surface area (Å²) in [5.74, 6) is 0.638. The molecule has 6 nitrogen and oxygen atoms in total. The van der Waals surface area contributed by atoms with Gasteiger partial charge in [0.1, 0.15) is 17.3 Å². The standard InChI is InChI=1S/C28H34N2O4S/c1-20-7-13-24(14-8-20)27-26(23-5-3-2-4-6-23)28(35-16-15-31)30(29-27)17-21-9-11-22(12-10-21)18-34-19-25(32)33/h2-8,13-14,21-22,31H,9-12,15-19H2,1H3,(H,32,33)/t21-,22+. The normalized spacial score (nSPS) is 18.0. The minimum Gasteiger partial charge on any atom is -0.480 e. The molecule has 0 amide bonds. The van der Waals surface area contributed by atoms with Crippen LogP contribution in [0.3, 0.4) is 0 Å². The number of aryl methyl sites for hydroxylation is 1. The maximum atomic E-state index is 10.7. The average molecular weight is 495 g/mol. The number of carboxylic acid groups (broad SMARTS) is 1. The summed E-state index contributed by atoms with van der Waals surface area (Å²) in [5.41, 5.74) is 5.55. The number of nitrogens with zero attached hydrogens (tertiary/aromatic N) is 2. The molecule has 1 saturated carbocycles. The van der Waals surface area contributed by atoms with E-state index in [1.807, 2.05) is 6.07 Å². The van der Waals surface area contributed by atoms with Crippen LogP contribution in [0.25, 0.3) is 22.4 Å². The molecule has 0 radical (unpaired) electrons. The molecule has 1 heterocycles. The maximum Gasteiger partial charge on any atom is 0.329 e. The summed E-state index contributed by atoms with van der Waals surface area (Å²) in [4.78, 5) is 10.7. The van der Waals surface area contributed by atoms with Crippen LogP contribution >= 0.6 is 11.8 Å². The lowest BCUT2D eigenvalue weighted by Gasteiger charge is -2.28. The smallest absolute Gasteiger partial charge is 0.329 e. The predicted molar refractivity (Wildman–Crippen MR) is 140 cm³/mol.